The van der Waals surface area contributed by atoms with E-state index in [1.54, 1.807) is 0 Å². The highest BCUT2D eigenvalue weighted by molar-refractivity contribution is 6.33. The zero-order valence-electron chi connectivity index (χ0n) is 27.2. The van der Waals surface area contributed by atoms with Crippen LogP contribution in [0.1, 0.15) is 11.1 Å². The van der Waals surface area contributed by atoms with E-state index in [9.17, 15) is 0 Å². The third-order valence-corrected chi connectivity index (χ3v) is 10.7. The summed E-state index contributed by atoms with van der Waals surface area (Å²) in [6.45, 7) is 4.39. The Balaban J connectivity index is 1.32. The van der Waals surface area contributed by atoms with Crippen molar-refractivity contribution >= 4 is 87.1 Å². The van der Waals surface area contributed by atoms with Crippen LogP contribution in [0.25, 0.3) is 98.5 Å². The van der Waals surface area contributed by atoms with Gasteiger partial charge in [-0.15, -0.1) is 0 Å². The van der Waals surface area contributed by atoms with Crippen molar-refractivity contribution in [2.45, 2.75) is 13.8 Å². The number of aromatic nitrogens is 2. The number of aryl methyl sites for hydroxylation is 2. The van der Waals surface area contributed by atoms with Gasteiger partial charge >= 0.3 is 0 Å². The first-order valence-corrected chi connectivity index (χ1v) is 16.9. The van der Waals surface area contributed by atoms with Gasteiger partial charge in [0.25, 0.3) is 0 Å². The molecule has 3 nitrogen and oxygen atoms in total. The van der Waals surface area contributed by atoms with E-state index in [0.29, 0.717) is 0 Å². The van der Waals surface area contributed by atoms with Gasteiger partial charge in [-0.25, -0.2) is 0 Å². The number of nitrogens with zero attached hydrogens (tertiary/aromatic N) is 2. The van der Waals surface area contributed by atoms with Crippen molar-refractivity contribution in [3.05, 3.63) is 157 Å². The highest BCUT2D eigenvalue weighted by Gasteiger charge is 2.21. The average molecular weight is 627 g/mol. The van der Waals surface area contributed by atoms with Gasteiger partial charge < -0.3 is 13.6 Å². The van der Waals surface area contributed by atoms with Crippen LogP contribution in [0.4, 0.5) is 0 Å². The third-order valence-electron chi connectivity index (χ3n) is 10.7. The van der Waals surface area contributed by atoms with Crippen molar-refractivity contribution in [1.82, 2.24) is 9.13 Å². The van der Waals surface area contributed by atoms with Gasteiger partial charge in [-0.3, -0.25) is 0 Å². The van der Waals surface area contributed by atoms with Gasteiger partial charge in [0.2, 0.25) is 0 Å². The van der Waals surface area contributed by atoms with E-state index in [4.69, 9.17) is 4.42 Å². The van der Waals surface area contributed by atoms with E-state index in [1.807, 2.05) is 0 Å². The van der Waals surface area contributed by atoms with Crippen LogP contribution in [-0.4, -0.2) is 9.13 Å². The highest BCUT2D eigenvalue weighted by Crippen LogP contribution is 2.45. The molecule has 3 heteroatoms. The average Bonchev–Trinajstić information content (AvgIpc) is 3.78. The molecular formula is C46H30N2O. The van der Waals surface area contributed by atoms with Gasteiger partial charge in [-0.2, -0.15) is 0 Å². The standard InChI is InChI=1S/C46H30N2O/c1-27-11-3-7-15-35(27)47-37-17-9-5-13-31(37)44-33-26-34-42(25-30(33)20-23-39(44)47)49-41-24-21-29-19-22-40-45(43(29)46(34)41)32-14-6-10-18-38(32)48(40)36-16-8-4-12-28(36)2/h3-26H,1-2H3. The minimum atomic E-state index is 0.914. The zero-order valence-corrected chi connectivity index (χ0v) is 27.2. The summed E-state index contributed by atoms with van der Waals surface area (Å²) in [4.78, 5) is 0. The molecule has 0 bridgehead atoms. The van der Waals surface area contributed by atoms with Crippen molar-refractivity contribution < 1.29 is 4.42 Å². The van der Waals surface area contributed by atoms with Crippen molar-refractivity contribution in [1.29, 1.82) is 0 Å². The number of fused-ring (bicyclic) bond motifs is 14. The Morgan fingerprint density at radius 1 is 0.367 bits per heavy atom. The molecule has 0 unspecified atom stereocenters. The van der Waals surface area contributed by atoms with Crippen molar-refractivity contribution in [3.8, 4) is 11.4 Å². The van der Waals surface area contributed by atoms with Gasteiger partial charge in [-0.05, 0) is 95.7 Å². The van der Waals surface area contributed by atoms with Gasteiger partial charge in [-0.1, -0.05) is 91.0 Å². The molecule has 3 aromatic heterocycles. The van der Waals surface area contributed by atoms with E-state index >= 15 is 0 Å². The Kier molecular flexibility index (Phi) is 5.24. The third kappa shape index (κ3) is 3.51. The SMILES string of the molecule is Cc1ccccc1-n1c2ccccc2c2c3cc4c(cc3ccc21)oc1ccc2ccc3c(c5ccccc5n3-c3ccccc3C)c2c14. The first-order valence-electron chi connectivity index (χ1n) is 16.9. The smallest absolute Gasteiger partial charge is 0.136 e. The van der Waals surface area contributed by atoms with Crippen LogP contribution in [0, 0.1) is 13.8 Å². The summed E-state index contributed by atoms with van der Waals surface area (Å²) in [7, 11) is 0. The van der Waals surface area contributed by atoms with Crippen LogP contribution in [0.5, 0.6) is 0 Å². The zero-order chi connectivity index (χ0) is 32.4. The molecule has 230 valence electrons. The van der Waals surface area contributed by atoms with Crippen LogP contribution in [0.2, 0.25) is 0 Å². The van der Waals surface area contributed by atoms with E-state index in [1.165, 1.54) is 93.0 Å². The van der Waals surface area contributed by atoms with Crippen molar-refractivity contribution in [2.75, 3.05) is 0 Å². The summed E-state index contributed by atoms with van der Waals surface area (Å²) in [5, 5.41) is 12.2. The first-order chi connectivity index (χ1) is 24.2. The fourth-order valence-electron chi connectivity index (χ4n) is 8.57. The van der Waals surface area contributed by atoms with Crippen molar-refractivity contribution in [3.63, 3.8) is 0 Å². The molecule has 0 N–H and O–H groups in total. The lowest BCUT2D eigenvalue weighted by molar-refractivity contribution is 0.670. The number of hydrogen-bond acceptors (Lipinski definition) is 1. The van der Waals surface area contributed by atoms with Gasteiger partial charge in [0, 0.05) is 49.1 Å². The van der Waals surface area contributed by atoms with Gasteiger partial charge in [0.15, 0.2) is 0 Å². The molecule has 0 aliphatic carbocycles. The molecule has 8 aromatic carbocycles. The molecular weight excluding hydrogens is 597 g/mol. The molecule has 0 aliphatic rings. The van der Waals surface area contributed by atoms with Gasteiger partial charge in [0.1, 0.15) is 11.2 Å². The maximum absolute atomic E-state index is 6.72. The molecule has 11 aromatic rings. The summed E-state index contributed by atoms with van der Waals surface area (Å²) in [6.07, 6.45) is 0. The van der Waals surface area contributed by atoms with E-state index < -0.39 is 0 Å². The summed E-state index contributed by atoms with van der Waals surface area (Å²) in [5.74, 6) is 0. The topological polar surface area (TPSA) is 23.0 Å². The second kappa shape index (κ2) is 9.62. The Bertz CT molecular complexity index is 3190. The fraction of sp³-hybridized carbons (Fsp3) is 0.0435. The van der Waals surface area contributed by atoms with Gasteiger partial charge in [0.05, 0.1) is 22.1 Å². The monoisotopic (exact) mass is 626 g/mol. The molecule has 0 radical (unpaired) electrons. The Morgan fingerprint density at radius 3 is 1.59 bits per heavy atom. The normalized spacial score (nSPS) is 12.3. The minimum Gasteiger partial charge on any atom is -0.456 e. The minimum absolute atomic E-state index is 0.914. The van der Waals surface area contributed by atoms with E-state index in [2.05, 4.69) is 169 Å². The molecule has 0 atom stereocenters. The second-order valence-electron chi connectivity index (χ2n) is 13.4. The molecule has 0 saturated carbocycles. The van der Waals surface area contributed by atoms with Crippen LogP contribution in [-0.2, 0) is 0 Å². The summed E-state index contributed by atoms with van der Waals surface area (Å²) in [5.41, 5.74) is 11.6. The summed E-state index contributed by atoms with van der Waals surface area (Å²) >= 11 is 0. The lowest BCUT2D eigenvalue weighted by atomic mass is 9.96. The van der Waals surface area contributed by atoms with E-state index in [0.717, 1.165) is 16.6 Å². The molecule has 0 spiro atoms. The highest BCUT2D eigenvalue weighted by atomic mass is 16.3. The predicted octanol–water partition coefficient (Wildman–Crippen LogP) is 12.7. The molecule has 0 amide bonds. The Morgan fingerprint density at radius 2 is 0.918 bits per heavy atom. The number of para-hydroxylation sites is 4. The molecule has 49 heavy (non-hydrogen) atoms. The first kappa shape index (κ1) is 26.7. The maximum Gasteiger partial charge on any atom is 0.136 e. The lowest BCUT2D eigenvalue weighted by Crippen LogP contribution is -1.96. The number of rotatable bonds is 2. The molecule has 0 saturated heterocycles. The molecule has 0 aliphatic heterocycles. The molecule has 0 fully saturated rings. The van der Waals surface area contributed by atoms with Crippen LogP contribution < -0.4 is 0 Å². The summed E-state index contributed by atoms with van der Waals surface area (Å²) in [6, 6.07) is 53.1. The molecule has 11 rings (SSSR count). The second-order valence-corrected chi connectivity index (χ2v) is 13.4. The van der Waals surface area contributed by atoms with Crippen LogP contribution >= 0.6 is 0 Å². The lowest BCUT2D eigenvalue weighted by Gasteiger charge is -2.11. The largest absolute Gasteiger partial charge is 0.456 e. The Hall–Kier alpha value is -6.32. The maximum atomic E-state index is 6.72. The summed E-state index contributed by atoms with van der Waals surface area (Å²) < 4.78 is 11.6. The quantitative estimate of drug-likeness (QED) is 0.187. The van der Waals surface area contributed by atoms with Crippen molar-refractivity contribution in [2.24, 2.45) is 0 Å². The molecule has 3 heterocycles. The van der Waals surface area contributed by atoms with Crippen LogP contribution in [0.3, 0.4) is 0 Å². The number of furan rings is 1. The Labute approximate surface area is 281 Å². The number of hydrogen-bond donors (Lipinski definition) is 0. The van der Waals surface area contributed by atoms with Crippen LogP contribution in [0.15, 0.2) is 150 Å². The van der Waals surface area contributed by atoms with E-state index in [-0.39, 0.29) is 0 Å². The fourth-order valence-corrected chi connectivity index (χ4v) is 8.57. The number of benzene rings is 8. The predicted molar refractivity (Wildman–Crippen MR) is 207 cm³/mol.